The Morgan fingerprint density at radius 2 is 2.00 bits per heavy atom. The van der Waals surface area contributed by atoms with Gasteiger partial charge in [-0.15, -0.1) is 0 Å². The molecule has 2 aliphatic rings. The number of rotatable bonds is 5. The predicted octanol–water partition coefficient (Wildman–Crippen LogP) is 2.70. The number of likely N-dealkylation sites (tertiary alicyclic amines) is 1. The summed E-state index contributed by atoms with van der Waals surface area (Å²) in [4.78, 5) is 18.1. The van der Waals surface area contributed by atoms with Crippen LogP contribution in [0.5, 0.6) is 0 Å². The topological polar surface area (TPSA) is 80.4 Å². The highest BCUT2D eigenvalue weighted by Gasteiger charge is 2.31. The van der Waals surface area contributed by atoms with E-state index in [1.54, 1.807) is 6.20 Å². The van der Waals surface area contributed by atoms with E-state index < -0.39 is 0 Å². The van der Waals surface area contributed by atoms with Gasteiger partial charge in [0.25, 0.3) is 0 Å². The Kier molecular flexibility index (Phi) is 5.19. The van der Waals surface area contributed by atoms with Crippen LogP contribution in [0, 0.1) is 0 Å². The molecule has 5 heterocycles. The van der Waals surface area contributed by atoms with Gasteiger partial charge in [0, 0.05) is 43.8 Å². The molecule has 0 radical (unpaired) electrons. The lowest BCUT2D eigenvalue weighted by Gasteiger charge is -2.27. The number of ether oxygens (including phenoxy) is 1. The van der Waals surface area contributed by atoms with Gasteiger partial charge >= 0.3 is 0 Å². The second kappa shape index (κ2) is 8.26. The number of hydrogen-bond donors (Lipinski definition) is 0. The van der Waals surface area contributed by atoms with E-state index in [1.165, 1.54) is 5.56 Å². The van der Waals surface area contributed by atoms with Gasteiger partial charge in [-0.05, 0) is 43.1 Å². The zero-order valence-electron chi connectivity index (χ0n) is 16.3. The molecule has 5 rings (SSSR count). The van der Waals surface area contributed by atoms with Crippen molar-refractivity contribution >= 4 is 5.82 Å². The molecule has 8 nitrogen and oxygen atoms in total. The van der Waals surface area contributed by atoms with Crippen LogP contribution in [0.25, 0.3) is 11.4 Å². The van der Waals surface area contributed by atoms with Gasteiger partial charge in [0.15, 0.2) is 0 Å². The minimum absolute atomic E-state index is 0.150. The van der Waals surface area contributed by atoms with Gasteiger partial charge in [-0.2, -0.15) is 4.98 Å². The Morgan fingerprint density at radius 3 is 2.79 bits per heavy atom. The molecular weight excluding hydrogens is 368 g/mol. The van der Waals surface area contributed by atoms with E-state index in [9.17, 15) is 0 Å². The van der Waals surface area contributed by atoms with E-state index in [1.807, 2.05) is 30.6 Å². The summed E-state index contributed by atoms with van der Waals surface area (Å²) in [5.74, 6) is 2.23. The van der Waals surface area contributed by atoms with E-state index in [4.69, 9.17) is 9.26 Å². The predicted molar refractivity (Wildman–Crippen MR) is 107 cm³/mol. The Bertz CT molecular complexity index is 924. The Labute approximate surface area is 169 Å². The van der Waals surface area contributed by atoms with Gasteiger partial charge in [0.05, 0.1) is 19.3 Å². The van der Waals surface area contributed by atoms with E-state index in [2.05, 4.69) is 36.0 Å². The molecule has 29 heavy (non-hydrogen) atoms. The van der Waals surface area contributed by atoms with E-state index in [0.29, 0.717) is 11.7 Å². The van der Waals surface area contributed by atoms with Crippen LogP contribution >= 0.6 is 0 Å². The first kappa shape index (κ1) is 18.2. The fourth-order valence-electron chi connectivity index (χ4n) is 4.01. The molecule has 0 amide bonds. The third-order valence-corrected chi connectivity index (χ3v) is 5.54. The summed E-state index contributed by atoms with van der Waals surface area (Å²) >= 11 is 0. The van der Waals surface area contributed by atoms with Crippen LogP contribution in [-0.2, 0) is 11.3 Å². The van der Waals surface area contributed by atoms with Gasteiger partial charge < -0.3 is 14.2 Å². The molecule has 2 aliphatic heterocycles. The number of nitrogens with zero attached hydrogens (tertiary/aromatic N) is 6. The highest BCUT2D eigenvalue weighted by molar-refractivity contribution is 5.56. The normalized spacial score (nSPS) is 20.3. The lowest BCUT2D eigenvalue weighted by atomic mass is 10.2. The Morgan fingerprint density at radius 1 is 1.07 bits per heavy atom. The van der Waals surface area contributed by atoms with Crippen molar-refractivity contribution in [3.8, 4) is 11.4 Å². The maximum Gasteiger partial charge on any atom is 0.244 e. The summed E-state index contributed by atoms with van der Waals surface area (Å²) in [5, 5.41) is 4.22. The van der Waals surface area contributed by atoms with Crippen molar-refractivity contribution in [3.63, 3.8) is 0 Å². The molecule has 3 aromatic heterocycles. The zero-order valence-corrected chi connectivity index (χ0v) is 16.3. The van der Waals surface area contributed by atoms with Gasteiger partial charge in [0.2, 0.25) is 11.7 Å². The van der Waals surface area contributed by atoms with Crippen LogP contribution < -0.4 is 4.90 Å². The molecule has 8 heteroatoms. The van der Waals surface area contributed by atoms with Crippen molar-refractivity contribution in [1.29, 1.82) is 0 Å². The molecule has 0 bridgehead atoms. The van der Waals surface area contributed by atoms with Crippen LogP contribution in [0.3, 0.4) is 0 Å². The van der Waals surface area contributed by atoms with Crippen LogP contribution in [0.4, 0.5) is 5.82 Å². The van der Waals surface area contributed by atoms with Crippen LogP contribution in [-0.4, -0.2) is 57.9 Å². The second-order valence-electron chi connectivity index (χ2n) is 7.45. The molecule has 0 aliphatic carbocycles. The molecular formula is C21H24N6O2. The zero-order chi connectivity index (χ0) is 19.5. The summed E-state index contributed by atoms with van der Waals surface area (Å²) < 4.78 is 11.0. The van der Waals surface area contributed by atoms with E-state index in [0.717, 1.165) is 63.6 Å². The van der Waals surface area contributed by atoms with Crippen LogP contribution in [0.15, 0.2) is 47.4 Å². The lowest BCUT2D eigenvalue weighted by Crippen LogP contribution is -2.36. The molecule has 0 spiro atoms. The van der Waals surface area contributed by atoms with Crippen molar-refractivity contribution in [2.24, 2.45) is 0 Å². The van der Waals surface area contributed by atoms with E-state index >= 15 is 0 Å². The first-order chi connectivity index (χ1) is 14.4. The molecule has 0 aromatic carbocycles. The Balaban J connectivity index is 1.29. The number of pyridine rings is 2. The summed E-state index contributed by atoms with van der Waals surface area (Å²) in [6.07, 6.45) is 7.68. The molecule has 0 N–H and O–H groups in total. The van der Waals surface area contributed by atoms with Crippen molar-refractivity contribution in [2.45, 2.75) is 25.4 Å². The average Bonchev–Trinajstić information content (AvgIpc) is 3.45. The average molecular weight is 392 g/mol. The maximum absolute atomic E-state index is 5.64. The number of aromatic nitrogens is 4. The van der Waals surface area contributed by atoms with Gasteiger partial charge in [0.1, 0.15) is 5.82 Å². The highest BCUT2D eigenvalue weighted by atomic mass is 16.5. The molecule has 1 unspecified atom stereocenters. The monoisotopic (exact) mass is 392 g/mol. The number of morpholine rings is 1. The molecule has 3 aromatic rings. The minimum Gasteiger partial charge on any atom is -0.378 e. The minimum atomic E-state index is 0.150. The van der Waals surface area contributed by atoms with Crippen LogP contribution in [0.2, 0.25) is 0 Å². The number of anilines is 1. The van der Waals surface area contributed by atoms with Crippen molar-refractivity contribution < 1.29 is 9.26 Å². The van der Waals surface area contributed by atoms with Crippen molar-refractivity contribution in [3.05, 3.63) is 54.3 Å². The molecule has 2 saturated heterocycles. The third kappa shape index (κ3) is 3.99. The standard InChI is InChI=1S/C21H24N6O2/c1-3-16(13-22-7-1)15-27-8-2-4-18(27)21-24-20(25-29-21)17-5-6-19(23-14-17)26-9-11-28-12-10-26/h1,3,5-7,13-14,18H,2,4,8-12,15H2. The number of hydrogen-bond acceptors (Lipinski definition) is 8. The molecule has 150 valence electrons. The first-order valence-electron chi connectivity index (χ1n) is 10.1. The largest absolute Gasteiger partial charge is 0.378 e. The van der Waals surface area contributed by atoms with E-state index in [-0.39, 0.29) is 6.04 Å². The summed E-state index contributed by atoms with van der Waals surface area (Å²) in [5.41, 5.74) is 2.07. The van der Waals surface area contributed by atoms with Crippen LogP contribution in [0.1, 0.15) is 30.3 Å². The summed E-state index contributed by atoms with van der Waals surface area (Å²) in [6.45, 7) is 5.09. The summed E-state index contributed by atoms with van der Waals surface area (Å²) in [6, 6.07) is 8.24. The Hall–Kier alpha value is -2.84. The smallest absolute Gasteiger partial charge is 0.244 e. The molecule has 0 saturated carbocycles. The maximum atomic E-state index is 5.64. The fraction of sp³-hybridized carbons (Fsp3) is 0.429. The lowest BCUT2D eigenvalue weighted by molar-refractivity contribution is 0.122. The van der Waals surface area contributed by atoms with Gasteiger partial charge in [-0.25, -0.2) is 4.98 Å². The quantitative estimate of drug-likeness (QED) is 0.656. The fourth-order valence-corrected chi connectivity index (χ4v) is 4.01. The van der Waals surface area contributed by atoms with Gasteiger partial charge in [-0.1, -0.05) is 11.2 Å². The van der Waals surface area contributed by atoms with Gasteiger partial charge in [-0.3, -0.25) is 9.88 Å². The third-order valence-electron chi connectivity index (χ3n) is 5.54. The molecule has 2 fully saturated rings. The van der Waals surface area contributed by atoms with Crippen molar-refractivity contribution in [1.82, 2.24) is 25.0 Å². The molecule has 1 atom stereocenters. The van der Waals surface area contributed by atoms with Crippen molar-refractivity contribution in [2.75, 3.05) is 37.7 Å². The second-order valence-corrected chi connectivity index (χ2v) is 7.45. The summed E-state index contributed by atoms with van der Waals surface area (Å²) in [7, 11) is 0. The SMILES string of the molecule is c1cncc(CN2CCCC2c2nc(-c3ccc(N4CCOCC4)nc3)no2)c1. The highest BCUT2D eigenvalue weighted by Crippen LogP contribution is 2.33. The first-order valence-corrected chi connectivity index (χ1v) is 10.1.